The van der Waals surface area contributed by atoms with E-state index in [1.165, 1.54) is 4.90 Å². The van der Waals surface area contributed by atoms with Gasteiger partial charge in [-0.1, -0.05) is 0 Å². The molecule has 6 heteroatoms. The van der Waals surface area contributed by atoms with Gasteiger partial charge in [0.05, 0.1) is 23.4 Å². The van der Waals surface area contributed by atoms with Crippen LogP contribution in [0.2, 0.25) is 0 Å². The molecule has 0 saturated heterocycles. The van der Waals surface area contributed by atoms with Crippen molar-refractivity contribution < 1.29 is 9.90 Å². The van der Waals surface area contributed by atoms with Gasteiger partial charge in [-0.15, -0.1) is 0 Å². The molecule has 0 saturated carbocycles. The summed E-state index contributed by atoms with van der Waals surface area (Å²) < 4.78 is 1.69. The Morgan fingerprint density at radius 1 is 1.50 bits per heavy atom. The lowest BCUT2D eigenvalue weighted by atomic mass is 10.0. The number of amides is 1. The summed E-state index contributed by atoms with van der Waals surface area (Å²) in [4.78, 5) is 18.3. The Hall–Kier alpha value is -1.95. The van der Waals surface area contributed by atoms with E-state index in [0.29, 0.717) is 5.56 Å². The number of fused-ring (bicyclic) bond motifs is 1. The molecule has 0 unspecified atom stereocenters. The Morgan fingerprint density at radius 2 is 2.15 bits per heavy atom. The van der Waals surface area contributed by atoms with Crippen LogP contribution in [0.4, 0.5) is 0 Å². The zero-order valence-electron chi connectivity index (χ0n) is 12.5. The van der Waals surface area contributed by atoms with Gasteiger partial charge >= 0.3 is 0 Å². The molecule has 0 atom stereocenters. The number of aliphatic hydroxyl groups excluding tert-OH is 1. The van der Waals surface area contributed by atoms with Crippen LogP contribution in [0, 0.1) is 6.92 Å². The quantitative estimate of drug-likeness (QED) is 0.912. The average Bonchev–Trinajstić information content (AvgIpc) is 2.72. The molecule has 0 aliphatic carbocycles. The number of carbonyl (C=O) groups is 1. The molecule has 2 heterocycles. The fourth-order valence-corrected chi connectivity index (χ4v) is 2.00. The zero-order chi connectivity index (χ0) is 15.1. The van der Waals surface area contributed by atoms with Crippen LogP contribution in [0.1, 0.15) is 29.9 Å². The van der Waals surface area contributed by atoms with E-state index in [4.69, 9.17) is 0 Å². The van der Waals surface area contributed by atoms with Gasteiger partial charge in [-0.2, -0.15) is 5.10 Å². The summed E-state index contributed by atoms with van der Waals surface area (Å²) in [5.41, 5.74) is 1.48. The van der Waals surface area contributed by atoms with Gasteiger partial charge in [-0.25, -0.2) is 4.98 Å². The molecule has 2 aromatic rings. The van der Waals surface area contributed by atoms with Crippen molar-refractivity contribution in [3.63, 3.8) is 0 Å². The molecule has 1 N–H and O–H groups in total. The third-order valence-electron chi connectivity index (χ3n) is 3.71. The predicted octanol–water partition coefficient (Wildman–Crippen LogP) is 1.12. The van der Waals surface area contributed by atoms with Gasteiger partial charge in [-0.3, -0.25) is 9.48 Å². The van der Waals surface area contributed by atoms with E-state index in [2.05, 4.69) is 10.1 Å². The topological polar surface area (TPSA) is 71.2 Å². The van der Waals surface area contributed by atoms with Crippen molar-refractivity contribution in [1.82, 2.24) is 19.7 Å². The van der Waals surface area contributed by atoms with Crippen molar-refractivity contribution in [2.24, 2.45) is 7.05 Å². The fourth-order valence-electron chi connectivity index (χ4n) is 2.00. The molecule has 0 aliphatic heterocycles. The fraction of sp³-hybridized carbons (Fsp3) is 0.500. The van der Waals surface area contributed by atoms with Gasteiger partial charge in [0.1, 0.15) is 0 Å². The lowest BCUT2D eigenvalue weighted by Crippen LogP contribution is -2.47. The Bertz CT molecular complexity index is 660. The number of nitrogens with zero attached hydrogens (tertiary/aromatic N) is 4. The van der Waals surface area contributed by atoms with E-state index < -0.39 is 5.54 Å². The molecule has 0 fully saturated rings. The van der Waals surface area contributed by atoms with Gasteiger partial charge in [0.2, 0.25) is 0 Å². The van der Waals surface area contributed by atoms with Gasteiger partial charge in [-0.05, 0) is 26.8 Å². The van der Waals surface area contributed by atoms with Crippen molar-refractivity contribution >= 4 is 16.9 Å². The third-order valence-corrected chi connectivity index (χ3v) is 3.71. The highest BCUT2D eigenvalue weighted by Gasteiger charge is 2.28. The van der Waals surface area contributed by atoms with E-state index in [1.54, 1.807) is 24.0 Å². The minimum atomic E-state index is -0.615. The van der Waals surface area contributed by atoms with Crippen molar-refractivity contribution in [3.8, 4) is 0 Å². The van der Waals surface area contributed by atoms with Gasteiger partial charge in [0, 0.05) is 25.7 Å². The minimum Gasteiger partial charge on any atom is -0.394 e. The van der Waals surface area contributed by atoms with Gasteiger partial charge in [0.15, 0.2) is 5.65 Å². The summed E-state index contributed by atoms with van der Waals surface area (Å²) in [5.74, 6) is -0.165. The zero-order valence-corrected chi connectivity index (χ0v) is 12.5. The third kappa shape index (κ3) is 2.27. The lowest BCUT2D eigenvalue weighted by molar-refractivity contribution is 0.0473. The van der Waals surface area contributed by atoms with Crippen molar-refractivity contribution in [3.05, 3.63) is 23.5 Å². The summed E-state index contributed by atoms with van der Waals surface area (Å²) >= 11 is 0. The number of aliphatic hydroxyl groups is 1. The summed E-state index contributed by atoms with van der Waals surface area (Å²) in [6.45, 7) is 5.41. The molecule has 20 heavy (non-hydrogen) atoms. The highest BCUT2D eigenvalue weighted by Crippen LogP contribution is 2.20. The highest BCUT2D eigenvalue weighted by molar-refractivity contribution is 5.97. The molecule has 108 valence electrons. The maximum absolute atomic E-state index is 12.5. The van der Waals surface area contributed by atoms with Crippen LogP contribution in [-0.2, 0) is 7.05 Å². The van der Waals surface area contributed by atoms with Crippen LogP contribution in [0.5, 0.6) is 0 Å². The molecule has 0 radical (unpaired) electrons. The molecule has 0 aromatic carbocycles. The molecule has 6 nitrogen and oxygen atoms in total. The Kier molecular flexibility index (Phi) is 3.52. The second-order valence-corrected chi connectivity index (χ2v) is 5.64. The maximum atomic E-state index is 12.5. The van der Waals surface area contributed by atoms with Gasteiger partial charge in [0.25, 0.3) is 5.91 Å². The van der Waals surface area contributed by atoms with E-state index in [0.717, 1.165) is 16.7 Å². The first kappa shape index (κ1) is 14.5. The number of aromatic nitrogens is 3. The molecule has 1 amide bonds. The first-order valence-corrected chi connectivity index (χ1v) is 6.46. The maximum Gasteiger partial charge on any atom is 0.255 e. The molecular formula is C14H20N4O2. The van der Waals surface area contributed by atoms with E-state index in [1.807, 2.05) is 27.8 Å². The molecule has 0 aliphatic rings. The number of likely N-dealkylation sites (N-methyl/N-ethyl adjacent to an activating group) is 1. The molecule has 0 bridgehead atoms. The van der Waals surface area contributed by atoms with E-state index in [9.17, 15) is 9.90 Å². The summed E-state index contributed by atoms with van der Waals surface area (Å²) in [5, 5.41) is 14.5. The summed E-state index contributed by atoms with van der Waals surface area (Å²) in [6.07, 6.45) is 1.55. The average molecular weight is 276 g/mol. The van der Waals surface area contributed by atoms with Crippen LogP contribution in [0.15, 0.2) is 12.3 Å². The SMILES string of the molecule is Cc1nn(C)c2ncc(C(=O)N(C)C(C)(C)CO)cc12. The Balaban J connectivity index is 2.43. The smallest absolute Gasteiger partial charge is 0.255 e. The number of hydrogen-bond acceptors (Lipinski definition) is 4. The standard InChI is InChI=1S/C14H20N4O2/c1-9-11-6-10(7-15-12(11)18(5)16-9)13(20)17(4)14(2,3)8-19/h6-7,19H,8H2,1-5H3. The molecule has 2 aromatic heterocycles. The minimum absolute atomic E-state index is 0.100. The second-order valence-electron chi connectivity index (χ2n) is 5.64. The number of aryl methyl sites for hydroxylation is 2. The van der Waals surface area contributed by atoms with Crippen LogP contribution in [-0.4, -0.2) is 49.9 Å². The lowest BCUT2D eigenvalue weighted by Gasteiger charge is -2.33. The molecular weight excluding hydrogens is 256 g/mol. The van der Waals surface area contributed by atoms with Crippen LogP contribution < -0.4 is 0 Å². The van der Waals surface area contributed by atoms with Crippen molar-refractivity contribution in [2.45, 2.75) is 26.3 Å². The van der Waals surface area contributed by atoms with E-state index >= 15 is 0 Å². The summed E-state index contributed by atoms with van der Waals surface area (Å²) in [7, 11) is 3.50. The number of pyridine rings is 1. The largest absolute Gasteiger partial charge is 0.394 e. The molecule has 0 spiro atoms. The normalized spacial score (nSPS) is 11.9. The first-order chi connectivity index (χ1) is 9.27. The highest BCUT2D eigenvalue weighted by atomic mass is 16.3. The molecule has 2 rings (SSSR count). The van der Waals surface area contributed by atoms with Crippen molar-refractivity contribution in [2.75, 3.05) is 13.7 Å². The first-order valence-electron chi connectivity index (χ1n) is 6.46. The Morgan fingerprint density at radius 3 is 2.75 bits per heavy atom. The van der Waals surface area contributed by atoms with Crippen LogP contribution in [0.3, 0.4) is 0 Å². The van der Waals surface area contributed by atoms with Gasteiger partial charge < -0.3 is 10.0 Å². The van der Waals surface area contributed by atoms with E-state index in [-0.39, 0.29) is 12.5 Å². The van der Waals surface area contributed by atoms with Crippen LogP contribution >= 0.6 is 0 Å². The van der Waals surface area contributed by atoms with Crippen LogP contribution in [0.25, 0.3) is 11.0 Å². The number of carbonyl (C=O) groups excluding carboxylic acids is 1. The summed E-state index contributed by atoms with van der Waals surface area (Å²) in [6, 6.07) is 1.80. The number of hydrogen-bond donors (Lipinski definition) is 1. The monoisotopic (exact) mass is 276 g/mol. The Labute approximate surface area is 118 Å². The predicted molar refractivity (Wildman–Crippen MR) is 76.5 cm³/mol. The number of rotatable bonds is 3. The second kappa shape index (κ2) is 4.86. The van der Waals surface area contributed by atoms with Crippen molar-refractivity contribution in [1.29, 1.82) is 0 Å².